The highest BCUT2D eigenvalue weighted by Gasteiger charge is 2.21. The van der Waals surface area contributed by atoms with Gasteiger partial charge in [0.15, 0.2) is 17.6 Å². The predicted octanol–water partition coefficient (Wildman–Crippen LogP) is 0.743. The maximum absolute atomic E-state index is 11.9. The molecule has 1 unspecified atom stereocenters. The summed E-state index contributed by atoms with van der Waals surface area (Å²) >= 11 is 0. The maximum Gasteiger partial charge on any atom is 0.294 e. The zero-order chi connectivity index (χ0) is 18.2. The van der Waals surface area contributed by atoms with Crippen molar-refractivity contribution in [3.63, 3.8) is 0 Å². The van der Waals surface area contributed by atoms with E-state index >= 15 is 0 Å². The van der Waals surface area contributed by atoms with Crippen LogP contribution in [0.2, 0.25) is 0 Å². The Balaban J connectivity index is 3.03. The van der Waals surface area contributed by atoms with Crippen molar-refractivity contribution in [1.29, 1.82) is 0 Å². The van der Waals surface area contributed by atoms with Crippen LogP contribution in [0.5, 0.6) is 0 Å². The summed E-state index contributed by atoms with van der Waals surface area (Å²) in [6.07, 6.45) is 0.0386. The Labute approximate surface area is 137 Å². The lowest BCUT2D eigenvalue weighted by Gasteiger charge is -2.09. The molecule has 10 heteroatoms. The molecular weight excluding hydrogens is 340 g/mol. The van der Waals surface area contributed by atoms with Gasteiger partial charge in [0, 0.05) is 0 Å². The molecule has 1 atom stereocenters. The molecular formula is C14H14N2O7S. The Morgan fingerprint density at radius 2 is 1.67 bits per heavy atom. The fourth-order valence-electron chi connectivity index (χ4n) is 1.69. The van der Waals surface area contributed by atoms with Gasteiger partial charge in [-0.25, -0.2) is 0 Å². The van der Waals surface area contributed by atoms with Crippen LogP contribution in [0.25, 0.3) is 0 Å². The number of hydrogen-bond acceptors (Lipinski definition) is 8. The van der Waals surface area contributed by atoms with Gasteiger partial charge in [0.05, 0.1) is 17.7 Å². The molecule has 0 aliphatic carbocycles. The van der Waals surface area contributed by atoms with Crippen LogP contribution in [0.4, 0.5) is 0 Å². The minimum Gasteiger partial charge on any atom is -0.303 e. The Hall–Kier alpha value is -2.59. The Morgan fingerprint density at radius 1 is 1.08 bits per heavy atom. The van der Waals surface area contributed by atoms with Gasteiger partial charge < -0.3 is 9.59 Å². The van der Waals surface area contributed by atoms with E-state index in [1.165, 1.54) is 12.1 Å². The molecule has 1 aromatic rings. The third kappa shape index (κ3) is 5.89. The van der Waals surface area contributed by atoms with Crippen molar-refractivity contribution in [3.05, 3.63) is 29.8 Å². The Kier molecular flexibility index (Phi) is 7.21. The van der Waals surface area contributed by atoms with E-state index in [-0.39, 0.29) is 16.9 Å². The first kappa shape index (κ1) is 19.5. The maximum atomic E-state index is 11.9. The number of hydrogen-bond donors (Lipinski definition) is 1. The highest BCUT2D eigenvalue weighted by Crippen LogP contribution is 2.22. The van der Waals surface area contributed by atoms with E-state index in [9.17, 15) is 27.6 Å². The lowest BCUT2D eigenvalue weighted by molar-refractivity contribution is -0.124. The molecule has 0 heterocycles. The van der Waals surface area contributed by atoms with Crippen molar-refractivity contribution in [1.82, 2.24) is 0 Å². The average Bonchev–Trinajstić information content (AvgIpc) is 2.51. The fourth-order valence-corrected chi connectivity index (χ4v) is 2.17. The number of carbonyl (C=O) groups is 4. The molecule has 1 rings (SSSR count). The Morgan fingerprint density at radius 3 is 2.17 bits per heavy atom. The normalized spacial score (nSPS) is 12.7. The van der Waals surface area contributed by atoms with Crippen molar-refractivity contribution in [3.8, 4) is 0 Å². The zero-order valence-corrected chi connectivity index (χ0v) is 13.2. The second-order valence-corrected chi connectivity index (χ2v) is 6.03. The van der Waals surface area contributed by atoms with E-state index in [0.29, 0.717) is 12.6 Å². The van der Waals surface area contributed by atoms with Crippen LogP contribution >= 0.6 is 0 Å². The summed E-state index contributed by atoms with van der Waals surface area (Å²) in [5, 5.41) is 7.25. The van der Waals surface area contributed by atoms with Crippen molar-refractivity contribution in [2.24, 2.45) is 10.2 Å². The number of nitrogens with zero attached hydrogens (tertiary/aromatic N) is 2. The van der Waals surface area contributed by atoms with Gasteiger partial charge in [0.2, 0.25) is 0 Å². The van der Waals surface area contributed by atoms with Gasteiger partial charge in [-0.2, -0.15) is 18.6 Å². The summed E-state index contributed by atoms with van der Waals surface area (Å²) in [4.78, 5) is 43.4. The lowest BCUT2D eigenvalue weighted by Crippen LogP contribution is -2.12. The van der Waals surface area contributed by atoms with Crippen molar-refractivity contribution >= 4 is 34.3 Å². The molecule has 0 fully saturated rings. The SMILES string of the molecule is O=CCC(=O)CN=NC(C(=O)CC=O)c1ccc(S(=O)(=O)O)cc1. The third-order valence-corrected chi connectivity index (χ3v) is 3.71. The lowest BCUT2D eigenvalue weighted by atomic mass is 10.0. The molecule has 0 saturated heterocycles. The molecule has 0 bridgehead atoms. The van der Waals surface area contributed by atoms with E-state index in [1.807, 2.05) is 0 Å². The zero-order valence-electron chi connectivity index (χ0n) is 12.4. The molecule has 24 heavy (non-hydrogen) atoms. The topological polar surface area (TPSA) is 147 Å². The van der Waals surface area contributed by atoms with E-state index in [1.54, 1.807) is 0 Å². The van der Waals surface area contributed by atoms with Crippen LogP contribution in [0.15, 0.2) is 39.4 Å². The fraction of sp³-hybridized carbons (Fsp3) is 0.286. The van der Waals surface area contributed by atoms with Crippen LogP contribution in [-0.4, -0.2) is 43.7 Å². The molecule has 0 saturated carbocycles. The summed E-state index contributed by atoms with van der Waals surface area (Å²) in [6, 6.07) is 3.42. The molecule has 0 radical (unpaired) electrons. The van der Waals surface area contributed by atoms with Gasteiger partial charge in [-0.3, -0.25) is 14.1 Å². The number of ketones is 2. The first-order valence-corrected chi connectivity index (χ1v) is 8.09. The minimum absolute atomic E-state index is 0.237. The van der Waals surface area contributed by atoms with Crippen LogP contribution in [0, 0.1) is 0 Å². The predicted molar refractivity (Wildman–Crippen MR) is 80.1 cm³/mol. The molecule has 0 aliphatic rings. The Bertz CT molecular complexity index is 754. The van der Waals surface area contributed by atoms with Crippen molar-refractivity contribution in [2.75, 3.05) is 6.54 Å². The van der Waals surface area contributed by atoms with E-state index < -0.39 is 40.7 Å². The van der Waals surface area contributed by atoms with Gasteiger partial charge in [-0.15, -0.1) is 0 Å². The van der Waals surface area contributed by atoms with E-state index in [0.717, 1.165) is 12.1 Å². The average molecular weight is 354 g/mol. The second-order valence-electron chi connectivity index (χ2n) is 4.61. The number of aldehydes is 2. The summed E-state index contributed by atoms with van der Waals surface area (Å²) < 4.78 is 30.9. The largest absolute Gasteiger partial charge is 0.303 e. The molecule has 128 valence electrons. The van der Waals surface area contributed by atoms with Gasteiger partial charge in [0.1, 0.15) is 19.1 Å². The van der Waals surface area contributed by atoms with E-state index in [4.69, 9.17) is 4.55 Å². The summed E-state index contributed by atoms with van der Waals surface area (Å²) in [5.74, 6) is -1.09. The van der Waals surface area contributed by atoms with Gasteiger partial charge >= 0.3 is 0 Å². The molecule has 0 aliphatic heterocycles. The monoisotopic (exact) mass is 354 g/mol. The molecule has 0 aromatic heterocycles. The van der Waals surface area contributed by atoms with Crippen LogP contribution in [0.3, 0.4) is 0 Å². The highest BCUT2D eigenvalue weighted by molar-refractivity contribution is 7.85. The van der Waals surface area contributed by atoms with Crippen molar-refractivity contribution < 1.29 is 32.1 Å². The number of Topliss-reactive ketones (excluding diaryl/α,β-unsaturated/α-hetero) is 2. The molecule has 1 aromatic carbocycles. The second kappa shape index (κ2) is 8.89. The molecule has 9 nitrogen and oxygen atoms in total. The molecule has 1 N–H and O–H groups in total. The van der Waals surface area contributed by atoms with E-state index in [2.05, 4.69) is 10.2 Å². The smallest absolute Gasteiger partial charge is 0.294 e. The van der Waals surface area contributed by atoms with Crippen LogP contribution in [-0.2, 0) is 29.3 Å². The van der Waals surface area contributed by atoms with Crippen LogP contribution in [0.1, 0.15) is 24.4 Å². The van der Waals surface area contributed by atoms with Gasteiger partial charge in [-0.1, -0.05) is 12.1 Å². The number of azo groups is 1. The summed E-state index contributed by atoms with van der Waals surface area (Å²) in [7, 11) is -4.38. The van der Waals surface area contributed by atoms with Gasteiger partial charge in [-0.05, 0) is 17.7 Å². The number of benzene rings is 1. The summed E-state index contributed by atoms with van der Waals surface area (Å²) in [6.45, 7) is -0.396. The number of rotatable bonds is 10. The van der Waals surface area contributed by atoms with Gasteiger partial charge in [0.25, 0.3) is 10.1 Å². The quantitative estimate of drug-likeness (QED) is 0.282. The highest BCUT2D eigenvalue weighted by atomic mass is 32.2. The van der Waals surface area contributed by atoms with Crippen LogP contribution < -0.4 is 0 Å². The molecule has 0 amide bonds. The first-order chi connectivity index (χ1) is 11.3. The molecule has 0 spiro atoms. The minimum atomic E-state index is -4.38. The van der Waals surface area contributed by atoms with Crippen molar-refractivity contribution in [2.45, 2.75) is 23.8 Å². The first-order valence-electron chi connectivity index (χ1n) is 6.65. The summed E-state index contributed by atoms with van der Waals surface area (Å²) in [5.41, 5.74) is 0.237. The third-order valence-electron chi connectivity index (χ3n) is 2.84. The standard InChI is InChI=1S/C14H14N2O7S/c17-7-5-11(19)9-15-16-14(13(20)6-8-18)10-1-3-12(4-2-10)24(21,22)23/h1-4,7-8,14H,5-6,9H2,(H,21,22,23). The number of carbonyl (C=O) groups excluding carboxylic acids is 4.